The predicted octanol–water partition coefficient (Wildman–Crippen LogP) is 18.1. The smallest absolute Gasteiger partial charge is 0.361 e. The van der Waals surface area contributed by atoms with Gasteiger partial charge in [-0.25, -0.2) is 4.79 Å². The van der Waals surface area contributed by atoms with E-state index in [-0.39, 0.29) is 38.6 Å². The topological polar surface area (TPSA) is 108 Å². The molecule has 0 aromatic heterocycles. The molecule has 0 fully saturated rings. The number of likely N-dealkylation sites (N-methyl/N-ethyl adjacent to an activating group) is 1. The van der Waals surface area contributed by atoms with Crippen molar-refractivity contribution in [3.05, 3.63) is 97.2 Å². The van der Waals surface area contributed by atoms with E-state index < -0.39 is 24.3 Å². The molecule has 0 aromatic rings. The van der Waals surface area contributed by atoms with Gasteiger partial charge in [0, 0.05) is 12.8 Å². The molecule has 75 heavy (non-hydrogen) atoms. The fourth-order valence-corrected chi connectivity index (χ4v) is 8.17. The number of carboxylic acids is 1. The number of quaternary nitrogens is 1. The summed E-state index contributed by atoms with van der Waals surface area (Å²) < 4.78 is 22.8. The number of hydrogen-bond donors (Lipinski definition) is 1. The molecule has 9 nitrogen and oxygen atoms in total. The molecule has 0 aromatic carbocycles. The number of aliphatic carboxylic acids is 1. The highest BCUT2D eigenvalue weighted by atomic mass is 16.7. The van der Waals surface area contributed by atoms with E-state index >= 15 is 0 Å². The van der Waals surface area contributed by atoms with Crippen molar-refractivity contribution in [2.45, 2.75) is 257 Å². The van der Waals surface area contributed by atoms with E-state index in [4.69, 9.17) is 18.9 Å². The quantitative estimate of drug-likeness (QED) is 0.0211. The number of hydrogen-bond acceptors (Lipinski definition) is 7. The third-order valence-corrected chi connectivity index (χ3v) is 12.8. The minimum absolute atomic E-state index is 0.173. The summed E-state index contributed by atoms with van der Waals surface area (Å²) in [6.07, 6.45) is 73.7. The van der Waals surface area contributed by atoms with E-state index in [1.165, 1.54) is 141 Å². The Morgan fingerprint density at radius 2 is 0.773 bits per heavy atom. The molecule has 2 unspecified atom stereocenters. The third kappa shape index (κ3) is 57.7. The Hall–Kier alpha value is -3.79. The van der Waals surface area contributed by atoms with Gasteiger partial charge in [0.2, 0.25) is 0 Å². The summed E-state index contributed by atoms with van der Waals surface area (Å²) in [6.45, 7) is 4.69. The van der Waals surface area contributed by atoms with Gasteiger partial charge in [-0.1, -0.05) is 239 Å². The van der Waals surface area contributed by atoms with Crippen LogP contribution in [0.5, 0.6) is 0 Å². The minimum Gasteiger partial charge on any atom is -0.477 e. The zero-order valence-corrected chi connectivity index (χ0v) is 48.9. The molecule has 0 heterocycles. The number of esters is 2. The van der Waals surface area contributed by atoms with Crippen LogP contribution in [0.15, 0.2) is 97.2 Å². The number of unbranched alkanes of at least 4 members (excludes halogenated alkanes) is 24. The third-order valence-electron chi connectivity index (χ3n) is 12.8. The summed E-state index contributed by atoms with van der Waals surface area (Å²) in [5.41, 5.74) is 0. The van der Waals surface area contributed by atoms with Gasteiger partial charge in [0.1, 0.15) is 13.2 Å². The highest BCUT2D eigenvalue weighted by Gasteiger charge is 2.25. The number of allylic oxidation sites excluding steroid dienone is 16. The lowest BCUT2D eigenvalue weighted by Gasteiger charge is -2.25. The van der Waals surface area contributed by atoms with Gasteiger partial charge in [0.05, 0.1) is 34.4 Å². The standard InChI is InChI=1S/C66H113NO8/c1-6-8-10-12-14-16-18-20-22-24-25-26-27-28-29-30-31-32-33-34-35-36-37-38-39-41-42-44-46-48-50-52-54-56-63(68)73-60-62(61-74-66(65(70)71)72-59-58-67(3,4)5)75-64(69)57-55-53-51-49-47-45-43-40-23-21-19-17-15-13-11-9-7-2/h9,11,15,17-18,20-21,23-25,27-28,43,45,49,51,62,66H,6-8,10,12-14,16,19,22,26,29-42,44,46-48,50,52-61H2,1-5H3/p+1/b11-9-,17-15-,20-18-,23-21-,25-24-,28-27-,45-43-,51-49-. The van der Waals surface area contributed by atoms with E-state index in [1.54, 1.807) is 0 Å². The Morgan fingerprint density at radius 3 is 1.17 bits per heavy atom. The van der Waals surface area contributed by atoms with Crippen LogP contribution in [0.2, 0.25) is 0 Å². The normalized spacial score (nSPS) is 13.5. The monoisotopic (exact) mass is 1050 g/mol. The summed E-state index contributed by atoms with van der Waals surface area (Å²) in [5, 5.41) is 9.69. The zero-order chi connectivity index (χ0) is 54.8. The van der Waals surface area contributed by atoms with Crippen molar-refractivity contribution in [3.63, 3.8) is 0 Å². The Morgan fingerprint density at radius 1 is 0.413 bits per heavy atom. The SMILES string of the molecule is CC/C=C\C/C=C\C/C=C\C/C=C\C/C=C\CCCC(=O)OC(COC(=O)CCCCCCCCCCCCCCCCCCCC/C=C\C/C=C\C/C=C\CCCCCCC)COC(OCC[N+](C)(C)C)C(=O)O. The Bertz CT molecular complexity index is 1550. The number of rotatable bonds is 55. The number of nitrogens with zero attached hydrogens (tertiary/aromatic N) is 1. The van der Waals surface area contributed by atoms with Crippen molar-refractivity contribution >= 4 is 17.9 Å². The zero-order valence-electron chi connectivity index (χ0n) is 48.9. The predicted molar refractivity (Wildman–Crippen MR) is 318 cm³/mol. The Balaban J connectivity index is 4.15. The summed E-state index contributed by atoms with van der Waals surface area (Å²) in [6, 6.07) is 0. The first-order chi connectivity index (χ1) is 36.6. The Labute approximate surface area is 461 Å². The number of ether oxygens (including phenoxy) is 4. The lowest BCUT2D eigenvalue weighted by Crippen LogP contribution is -2.40. The fraction of sp³-hybridized carbons (Fsp3) is 0.712. The van der Waals surface area contributed by atoms with E-state index in [9.17, 15) is 19.5 Å². The molecule has 0 saturated carbocycles. The maximum absolute atomic E-state index is 12.8. The highest BCUT2D eigenvalue weighted by Crippen LogP contribution is 2.16. The van der Waals surface area contributed by atoms with Crippen LogP contribution in [0.4, 0.5) is 0 Å². The average Bonchev–Trinajstić information content (AvgIpc) is 3.38. The average molecular weight is 1050 g/mol. The van der Waals surface area contributed by atoms with Gasteiger partial charge < -0.3 is 28.5 Å². The lowest BCUT2D eigenvalue weighted by molar-refractivity contribution is -0.870. The summed E-state index contributed by atoms with van der Waals surface area (Å²) in [5.74, 6) is -2.09. The second kappa shape index (κ2) is 56.4. The molecule has 0 aliphatic carbocycles. The molecule has 0 aliphatic heterocycles. The maximum Gasteiger partial charge on any atom is 0.361 e. The van der Waals surface area contributed by atoms with Gasteiger partial charge in [-0.15, -0.1) is 0 Å². The van der Waals surface area contributed by atoms with Crippen LogP contribution in [0, 0.1) is 0 Å². The molecule has 0 amide bonds. The largest absolute Gasteiger partial charge is 0.477 e. The number of carbonyl (C=O) groups excluding carboxylic acids is 2. The van der Waals surface area contributed by atoms with Crippen molar-refractivity contribution in [2.75, 3.05) is 47.5 Å². The molecule has 0 bridgehead atoms. The molecular weight excluding hydrogens is 935 g/mol. The van der Waals surface area contributed by atoms with Crippen molar-refractivity contribution in [1.82, 2.24) is 0 Å². The number of carboxylic acid groups (broad SMARTS) is 1. The first-order valence-corrected chi connectivity index (χ1v) is 30.4. The molecule has 0 radical (unpaired) electrons. The lowest BCUT2D eigenvalue weighted by atomic mass is 10.0. The van der Waals surface area contributed by atoms with Crippen LogP contribution >= 0.6 is 0 Å². The number of carbonyl (C=O) groups is 3. The second-order valence-electron chi connectivity index (χ2n) is 21.3. The van der Waals surface area contributed by atoms with Gasteiger partial charge in [0.15, 0.2) is 6.10 Å². The van der Waals surface area contributed by atoms with Crippen molar-refractivity contribution in [3.8, 4) is 0 Å². The van der Waals surface area contributed by atoms with Gasteiger partial charge in [-0.2, -0.15) is 0 Å². The van der Waals surface area contributed by atoms with Gasteiger partial charge >= 0.3 is 17.9 Å². The van der Waals surface area contributed by atoms with Gasteiger partial charge in [0.25, 0.3) is 6.29 Å². The first-order valence-electron chi connectivity index (χ1n) is 30.4. The molecule has 2 atom stereocenters. The molecule has 0 aliphatic rings. The van der Waals surface area contributed by atoms with Gasteiger partial charge in [-0.3, -0.25) is 9.59 Å². The van der Waals surface area contributed by atoms with Crippen molar-refractivity contribution < 1.29 is 42.9 Å². The summed E-state index contributed by atoms with van der Waals surface area (Å²) in [4.78, 5) is 37.4. The molecule has 0 spiro atoms. The second-order valence-corrected chi connectivity index (χ2v) is 21.3. The van der Waals surface area contributed by atoms with E-state index in [2.05, 4.69) is 111 Å². The molecular formula is C66H114NO8+. The van der Waals surface area contributed by atoms with E-state index in [1.807, 2.05) is 21.1 Å². The first kappa shape index (κ1) is 71.2. The van der Waals surface area contributed by atoms with E-state index in [0.29, 0.717) is 17.4 Å². The molecule has 1 N–H and O–H groups in total. The molecule has 0 rings (SSSR count). The van der Waals surface area contributed by atoms with E-state index in [0.717, 1.165) is 70.6 Å². The molecule has 0 saturated heterocycles. The van der Waals surface area contributed by atoms with Gasteiger partial charge in [-0.05, 0) is 89.9 Å². The molecule has 430 valence electrons. The summed E-state index contributed by atoms with van der Waals surface area (Å²) in [7, 11) is 5.94. The van der Waals surface area contributed by atoms with Crippen molar-refractivity contribution in [2.24, 2.45) is 0 Å². The Kier molecular flexibility index (Phi) is 53.6. The van der Waals surface area contributed by atoms with Crippen LogP contribution in [-0.2, 0) is 33.3 Å². The highest BCUT2D eigenvalue weighted by molar-refractivity contribution is 5.71. The van der Waals surface area contributed by atoms with Crippen molar-refractivity contribution in [1.29, 1.82) is 0 Å². The fourth-order valence-electron chi connectivity index (χ4n) is 8.17. The molecule has 9 heteroatoms. The van der Waals surface area contributed by atoms with Crippen LogP contribution in [0.25, 0.3) is 0 Å². The van der Waals surface area contributed by atoms with Crippen LogP contribution < -0.4 is 0 Å². The van der Waals surface area contributed by atoms with Crippen LogP contribution in [0.3, 0.4) is 0 Å². The maximum atomic E-state index is 12.8. The minimum atomic E-state index is -1.53. The summed E-state index contributed by atoms with van der Waals surface area (Å²) >= 11 is 0. The van der Waals surface area contributed by atoms with Crippen LogP contribution in [0.1, 0.15) is 245 Å². The van der Waals surface area contributed by atoms with Crippen LogP contribution in [-0.4, -0.2) is 87.4 Å².